The predicted molar refractivity (Wildman–Crippen MR) is 117 cm³/mol. The number of hydrogen-bond acceptors (Lipinski definition) is 5. The van der Waals surface area contributed by atoms with Gasteiger partial charge in [0.2, 0.25) is 5.91 Å². The number of aryl methyl sites for hydroxylation is 1. The summed E-state index contributed by atoms with van der Waals surface area (Å²) in [6.45, 7) is 5.19. The Labute approximate surface area is 181 Å². The number of hydrogen-bond donors (Lipinski definition) is 1. The molecule has 0 aliphatic carbocycles. The van der Waals surface area contributed by atoms with Gasteiger partial charge in [-0.15, -0.1) is 0 Å². The molecular weight excluding hydrogens is 396 g/mol. The molecule has 2 atom stereocenters. The maximum atomic E-state index is 12.6. The highest BCUT2D eigenvalue weighted by atomic mass is 16.5. The first-order chi connectivity index (χ1) is 14.8. The van der Waals surface area contributed by atoms with E-state index >= 15 is 0 Å². The Morgan fingerprint density at radius 2 is 1.81 bits per heavy atom. The zero-order chi connectivity index (χ0) is 22.5. The van der Waals surface area contributed by atoms with Gasteiger partial charge in [-0.3, -0.25) is 19.2 Å². The average molecular weight is 422 g/mol. The Balaban J connectivity index is 1.58. The van der Waals surface area contributed by atoms with Crippen LogP contribution in [0.3, 0.4) is 0 Å². The third kappa shape index (κ3) is 5.17. The SMILES string of the molecule is CCc1ccccc1N1C[C@H](C(=O)O[C@@H](C)C(=O)Nc2ccc(C(C)=O)cc2)CC1=O. The minimum Gasteiger partial charge on any atom is -0.452 e. The van der Waals surface area contributed by atoms with Gasteiger partial charge in [-0.25, -0.2) is 0 Å². The molecule has 1 heterocycles. The Morgan fingerprint density at radius 1 is 1.13 bits per heavy atom. The van der Waals surface area contributed by atoms with Crippen LogP contribution in [0.2, 0.25) is 0 Å². The van der Waals surface area contributed by atoms with Crippen molar-refractivity contribution in [2.24, 2.45) is 5.92 Å². The van der Waals surface area contributed by atoms with Gasteiger partial charge >= 0.3 is 5.97 Å². The highest BCUT2D eigenvalue weighted by Gasteiger charge is 2.37. The van der Waals surface area contributed by atoms with Gasteiger partial charge in [-0.05, 0) is 56.2 Å². The topological polar surface area (TPSA) is 92.8 Å². The normalized spacial score (nSPS) is 16.7. The third-order valence-corrected chi connectivity index (χ3v) is 5.34. The number of amides is 2. The van der Waals surface area contributed by atoms with Gasteiger partial charge in [0.25, 0.3) is 5.91 Å². The van der Waals surface area contributed by atoms with E-state index in [9.17, 15) is 19.2 Å². The fourth-order valence-corrected chi connectivity index (χ4v) is 3.53. The Morgan fingerprint density at radius 3 is 2.45 bits per heavy atom. The molecule has 7 nitrogen and oxygen atoms in total. The molecule has 2 aromatic carbocycles. The van der Waals surface area contributed by atoms with Gasteiger partial charge in [0, 0.05) is 29.9 Å². The summed E-state index contributed by atoms with van der Waals surface area (Å²) in [6, 6.07) is 14.1. The first kappa shape index (κ1) is 22.2. The molecule has 0 radical (unpaired) electrons. The number of esters is 1. The second-order valence-corrected chi connectivity index (χ2v) is 7.59. The van der Waals surface area contributed by atoms with Crippen molar-refractivity contribution in [1.82, 2.24) is 0 Å². The number of nitrogens with zero attached hydrogens (tertiary/aromatic N) is 1. The molecule has 2 aromatic rings. The minimum atomic E-state index is -1.02. The first-order valence-corrected chi connectivity index (χ1v) is 10.3. The van der Waals surface area contributed by atoms with E-state index < -0.39 is 23.9 Å². The van der Waals surface area contributed by atoms with Crippen LogP contribution in [0.4, 0.5) is 11.4 Å². The molecule has 0 spiro atoms. The molecule has 7 heteroatoms. The highest BCUT2D eigenvalue weighted by molar-refractivity contribution is 6.01. The summed E-state index contributed by atoms with van der Waals surface area (Å²) in [7, 11) is 0. The smallest absolute Gasteiger partial charge is 0.312 e. The molecule has 0 saturated carbocycles. The number of benzene rings is 2. The summed E-state index contributed by atoms with van der Waals surface area (Å²) in [6.07, 6.45) is -0.190. The van der Waals surface area contributed by atoms with Crippen LogP contribution in [0, 0.1) is 5.92 Å². The van der Waals surface area contributed by atoms with E-state index in [-0.39, 0.29) is 24.7 Å². The van der Waals surface area contributed by atoms with E-state index in [0.717, 1.165) is 17.7 Å². The summed E-state index contributed by atoms with van der Waals surface area (Å²) < 4.78 is 5.34. The summed E-state index contributed by atoms with van der Waals surface area (Å²) in [5.41, 5.74) is 2.88. The molecule has 1 fully saturated rings. The van der Waals surface area contributed by atoms with Crippen molar-refractivity contribution in [3.8, 4) is 0 Å². The molecule has 1 aliphatic heterocycles. The molecule has 2 amide bonds. The van der Waals surface area contributed by atoms with Crippen molar-refractivity contribution in [3.63, 3.8) is 0 Å². The number of carbonyl (C=O) groups excluding carboxylic acids is 4. The largest absolute Gasteiger partial charge is 0.452 e. The molecule has 31 heavy (non-hydrogen) atoms. The summed E-state index contributed by atoms with van der Waals surface area (Å²) >= 11 is 0. The van der Waals surface area contributed by atoms with E-state index in [1.807, 2.05) is 31.2 Å². The predicted octanol–water partition coefficient (Wildman–Crippen LogP) is 3.37. The third-order valence-electron chi connectivity index (χ3n) is 5.34. The van der Waals surface area contributed by atoms with Gasteiger partial charge < -0.3 is 15.0 Å². The molecule has 1 saturated heterocycles. The number of para-hydroxylation sites is 1. The number of ether oxygens (including phenoxy) is 1. The lowest BCUT2D eigenvalue weighted by Crippen LogP contribution is -2.33. The van der Waals surface area contributed by atoms with Crippen LogP contribution in [0.25, 0.3) is 0 Å². The lowest BCUT2D eigenvalue weighted by Gasteiger charge is -2.20. The Hall–Kier alpha value is -3.48. The molecule has 162 valence electrons. The van der Waals surface area contributed by atoms with E-state index in [0.29, 0.717) is 11.3 Å². The van der Waals surface area contributed by atoms with Crippen LogP contribution in [0.5, 0.6) is 0 Å². The van der Waals surface area contributed by atoms with Crippen molar-refractivity contribution in [2.75, 3.05) is 16.8 Å². The maximum absolute atomic E-state index is 12.6. The molecule has 0 unspecified atom stereocenters. The summed E-state index contributed by atoms with van der Waals surface area (Å²) in [5, 5.41) is 2.66. The second kappa shape index (κ2) is 9.55. The lowest BCUT2D eigenvalue weighted by atomic mass is 10.1. The van der Waals surface area contributed by atoms with Crippen LogP contribution in [0.15, 0.2) is 48.5 Å². The molecule has 0 aromatic heterocycles. The van der Waals surface area contributed by atoms with E-state index in [2.05, 4.69) is 5.32 Å². The molecule has 3 rings (SSSR count). The number of nitrogens with one attached hydrogen (secondary N) is 1. The van der Waals surface area contributed by atoms with Gasteiger partial charge in [0.15, 0.2) is 11.9 Å². The van der Waals surface area contributed by atoms with E-state index in [1.165, 1.54) is 13.8 Å². The zero-order valence-electron chi connectivity index (χ0n) is 17.9. The minimum absolute atomic E-state index is 0.0533. The van der Waals surface area contributed by atoms with Crippen LogP contribution in [-0.4, -0.2) is 36.2 Å². The molecular formula is C24H26N2O5. The number of ketones is 1. The van der Waals surface area contributed by atoms with Crippen LogP contribution < -0.4 is 10.2 Å². The van der Waals surface area contributed by atoms with Gasteiger partial charge in [0.1, 0.15) is 0 Å². The number of anilines is 2. The molecule has 1 N–H and O–H groups in total. The van der Waals surface area contributed by atoms with Crippen LogP contribution >= 0.6 is 0 Å². The number of Topliss-reactive ketones (excluding diaryl/α,β-unsaturated/α-hetero) is 1. The van der Waals surface area contributed by atoms with Gasteiger partial charge in [-0.2, -0.15) is 0 Å². The van der Waals surface area contributed by atoms with Crippen molar-refractivity contribution in [2.45, 2.75) is 39.7 Å². The summed E-state index contributed by atoms with van der Waals surface area (Å²) in [4.78, 5) is 50.4. The number of carbonyl (C=O) groups is 4. The lowest BCUT2D eigenvalue weighted by molar-refractivity contribution is -0.157. The molecule has 0 bridgehead atoms. The Kier molecular flexibility index (Phi) is 6.84. The van der Waals surface area contributed by atoms with Crippen molar-refractivity contribution in [1.29, 1.82) is 0 Å². The number of rotatable bonds is 7. The maximum Gasteiger partial charge on any atom is 0.312 e. The monoisotopic (exact) mass is 422 g/mol. The quantitative estimate of drug-likeness (QED) is 0.545. The summed E-state index contributed by atoms with van der Waals surface area (Å²) in [5.74, 6) is -1.88. The van der Waals surface area contributed by atoms with Crippen molar-refractivity contribution >= 4 is 34.9 Å². The average Bonchev–Trinajstić information content (AvgIpc) is 3.15. The van der Waals surface area contributed by atoms with Crippen LogP contribution in [0.1, 0.15) is 43.1 Å². The highest BCUT2D eigenvalue weighted by Crippen LogP contribution is 2.29. The van der Waals surface area contributed by atoms with E-state index in [4.69, 9.17) is 4.74 Å². The Bertz CT molecular complexity index is 999. The first-order valence-electron chi connectivity index (χ1n) is 10.3. The van der Waals surface area contributed by atoms with Crippen LogP contribution in [-0.2, 0) is 25.5 Å². The van der Waals surface area contributed by atoms with E-state index in [1.54, 1.807) is 29.2 Å². The van der Waals surface area contributed by atoms with Gasteiger partial charge in [0.05, 0.1) is 5.92 Å². The van der Waals surface area contributed by atoms with Crippen molar-refractivity contribution < 1.29 is 23.9 Å². The fraction of sp³-hybridized carbons (Fsp3) is 0.333. The molecule has 1 aliphatic rings. The second-order valence-electron chi connectivity index (χ2n) is 7.59. The fourth-order valence-electron chi connectivity index (χ4n) is 3.53. The van der Waals surface area contributed by atoms with Crippen molar-refractivity contribution in [3.05, 3.63) is 59.7 Å². The zero-order valence-corrected chi connectivity index (χ0v) is 17.9. The standard InChI is InChI=1S/C24H26N2O5/c1-4-17-7-5-6-8-21(17)26-14-19(13-22(26)28)24(30)31-16(3)23(29)25-20-11-9-18(10-12-20)15(2)27/h5-12,16,19H,4,13-14H2,1-3H3,(H,25,29)/t16-,19+/m0/s1. The van der Waals surface area contributed by atoms with Gasteiger partial charge in [-0.1, -0.05) is 25.1 Å².